The van der Waals surface area contributed by atoms with Gasteiger partial charge in [0.2, 0.25) is 5.91 Å². The summed E-state index contributed by atoms with van der Waals surface area (Å²) in [6.45, 7) is 5.91. The zero-order valence-electron chi connectivity index (χ0n) is 20.7. The molecule has 4 rings (SSSR count). The maximum absolute atomic E-state index is 12.8. The molecule has 0 spiro atoms. The van der Waals surface area contributed by atoms with Gasteiger partial charge in [-0.1, -0.05) is 29.4 Å². The zero-order chi connectivity index (χ0) is 25.8. The molecule has 0 bridgehead atoms. The van der Waals surface area contributed by atoms with E-state index in [0.717, 1.165) is 41.7 Å². The van der Waals surface area contributed by atoms with Gasteiger partial charge in [0, 0.05) is 11.9 Å². The monoisotopic (exact) mass is 548 g/mol. The van der Waals surface area contributed by atoms with Gasteiger partial charge in [0.25, 0.3) is 0 Å². The molecule has 1 atom stereocenters. The first-order valence-corrected chi connectivity index (χ1v) is 14.0. The SMILES string of the molecule is CCOC(=O)c1c(NC(=O)CSc2nnc(C(C)Oc3cc(C)ccc3Cl)n2C)sc2c1CCCC2. The molecule has 1 aromatic carbocycles. The number of hydrogen-bond donors (Lipinski definition) is 1. The van der Waals surface area contributed by atoms with Crippen LogP contribution in [0, 0.1) is 6.92 Å². The lowest BCUT2D eigenvalue weighted by atomic mass is 9.95. The quantitative estimate of drug-likeness (QED) is 0.268. The molecule has 0 radical (unpaired) electrons. The molecule has 0 saturated heterocycles. The van der Waals surface area contributed by atoms with Gasteiger partial charge in [-0.05, 0) is 69.7 Å². The molecule has 2 heterocycles. The number of thioether (sulfide) groups is 1. The summed E-state index contributed by atoms with van der Waals surface area (Å²) in [4.78, 5) is 26.6. The molecule has 1 aliphatic carbocycles. The van der Waals surface area contributed by atoms with Crippen LogP contribution in [0.4, 0.5) is 5.00 Å². The first-order chi connectivity index (χ1) is 17.3. The number of amides is 1. The zero-order valence-corrected chi connectivity index (χ0v) is 23.1. The minimum atomic E-state index is -0.394. The second kappa shape index (κ2) is 11.7. The van der Waals surface area contributed by atoms with Gasteiger partial charge in [0.1, 0.15) is 10.8 Å². The van der Waals surface area contributed by atoms with Crippen molar-refractivity contribution in [2.75, 3.05) is 17.7 Å². The fourth-order valence-electron chi connectivity index (χ4n) is 4.12. The van der Waals surface area contributed by atoms with Crippen LogP contribution in [0.25, 0.3) is 0 Å². The first kappa shape index (κ1) is 26.5. The summed E-state index contributed by atoms with van der Waals surface area (Å²) in [5.74, 6) is 0.725. The molecule has 1 aliphatic rings. The number of hydrogen-bond acceptors (Lipinski definition) is 8. The number of carbonyl (C=O) groups is 2. The summed E-state index contributed by atoms with van der Waals surface area (Å²) in [7, 11) is 1.83. The Kier molecular flexibility index (Phi) is 8.58. The van der Waals surface area contributed by atoms with Crippen molar-refractivity contribution >= 4 is 51.6 Å². The van der Waals surface area contributed by atoms with Crippen LogP contribution in [0.1, 0.15) is 65.0 Å². The van der Waals surface area contributed by atoms with Crippen molar-refractivity contribution in [2.45, 2.75) is 57.7 Å². The van der Waals surface area contributed by atoms with Crippen molar-refractivity contribution in [1.82, 2.24) is 14.8 Å². The van der Waals surface area contributed by atoms with Crippen molar-refractivity contribution in [2.24, 2.45) is 7.05 Å². The number of halogens is 1. The Morgan fingerprint density at radius 2 is 2.06 bits per heavy atom. The topological polar surface area (TPSA) is 95.3 Å². The van der Waals surface area contributed by atoms with E-state index < -0.39 is 6.10 Å². The Bertz CT molecular complexity index is 1270. The Morgan fingerprint density at radius 3 is 2.83 bits per heavy atom. The molecule has 2 aromatic heterocycles. The summed E-state index contributed by atoms with van der Waals surface area (Å²) >= 11 is 9.01. The smallest absolute Gasteiger partial charge is 0.341 e. The number of anilines is 1. The minimum Gasteiger partial charge on any atom is -0.481 e. The second-order valence-corrected chi connectivity index (χ2v) is 11.0. The number of fused-ring (bicyclic) bond motifs is 1. The summed E-state index contributed by atoms with van der Waals surface area (Å²) in [5.41, 5.74) is 2.57. The fourth-order valence-corrected chi connectivity index (χ4v) is 6.29. The highest BCUT2D eigenvalue weighted by Crippen LogP contribution is 2.39. The Morgan fingerprint density at radius 1 is 1.28 bits per heavy atom. The van der Waals surface area contributed by atoms with E-state index in [0.29, 0.717) is 38.9 Å². The minimum absolute atomic E-state index is 0.121. The van der Waals surface area contributed by atoms with Crippen molar-refractivity contribution in [1.29, 1.82) is 0 Å². The molecule has 0 fully saturated rings. The Balaban J connectivity index is 1.41. The van der Waals surface area contributed by atoms with E-state index >= 15 is 0 Å². The average molecular weight is 549 g/mol. The molecule has 1 unspecified atom stereocenters. The number of thiophene rings is 1. The molecule has 1 amide bonds. The summed E-state index contributed by atoms with van der Waals surface area (Å²) in [6, 6.07) is 5.60. The number of aromatic nitrogens is 3. The number of nitrogens with zero attached hydrogens (tertiary/aromatic N) is 3. The van der Waals surface area contributed by atoms with Gasteiger partial charge >= 0.3 is 5.97 Å². The number of ether oxygens (including phenoxy) is 2. The molecule has 0 aliphatic heterocycles. The number of nitrogens with one attached hydrogen (secondary N) is 1. The van der Waals surface area contributed by atoms with Gasteiger partial charge in [0.05, 0.1) is 22.9 Å². The van der Waals surface area contributed by atoms with Crippen molar-refractivity contribution in [3.8, 4) is 5.75 Å². The lowest BCUT2D eigenvalue weighted by Crippen LogP contribution is -2.17. The van der Waals surface area contributed by atoms with Crippen LogP contribution in [0.2, 0.25) is 5.02 Å². The lowest BCUT2D eigenvalue weighted by Gasteiger charge is -2.15. The largest absolute Gasteiger partial charge is 0.481 e. The van der Waals surface area contributed by atoms with Crippen LogP contribution < -0.4 is 10.1 Å². The van der Waals surface area contributed by atoms with Gasteiger partial charge in [-0.3, -0.25) is 4.79 Å². The summed E-state index contributed by atoms with van der Waals surface area (Å²) in [6.07, 6.45) is 3.49. The van der Waals surface area contributed by atoms with Crippen LogP contribution in [-0.2, 0) is 29.4 Å². The third-order valence-electron chi connectivity index (χ3n) is 5.86. The first-order valence-electron chi connectivity index (χ1n) is 11.8. The third-order valence-corrected chi connectivity index (χ3v) is 8.40. The van der Waals surface area contributed by atoms with Gasteiger partial charge in [-0.25, -0.2) is 4.79 Å². The highest BCUT2D eigenvalue weighted by Gasteiger charge is 2.27. The predicted octanol–water partition coefficient (Wildman–Crippen LogP) is 5.76. The lowest BCUT2D eigenvalue weighted by molar-refractivity contribution is -0.113. The molecular formula is C25H29ClN4O4S2. The van der Waals surface area contributed by atoms with Gasteiger partial charge < -0.3 is 19.4 Å². The molecule has 11 heteroatoms. The highest BCUT2D eigenvalue weighted by molar-refractivity contribution is 7.99. The van der Waals surface area contributed by atoms with E-state index in [1.807, 2.05) is 33.0 Å². The molecule has 36 heavy (non-hydrogen) atoms. The van der Waals surface area contributed by atoms with Gasteiger partial charge in [-0.15, -0.1) is 21.5 Å². The van der Waals surface area contributed by atoms with E-state index in [-0.39, 0.29) is 17.6 Å². The number of rotatable bonds is 9. The average Bonchev–Trinajstić information content (AvgIpc) is 3.39. The standard InChI is InChI=1S/C25H29ClN4O4S2/c1-5-33-24(32)21-16-8-6-7-9-19(16)36-23(21)27-20(31)13-35-25-29-28-22(30(25)4)15(3)34-18-12-14(2)10-11-17(18)26/h10-12,15H,5-9,13H2,1-4H3,(H,27,31). The van der Waals surface area contributed by atoms with Crippen LogP contribution >= 0.6 is 34.7 Å². The molecule has 8 nitrogen and oxygen atoms in total. The summed E-state index contributed by atoms with van der Waals surface area (Å²) < 4.78 is 13.1. The van der Waals surface area contributed by atoms with Crippen molar-refractivity contribution in [3.63, 3.8) is 0 Å². The van der Waals surface area contributed by atoms with Crippen LogP contribution in [0.15, 0.2) is 23.4 Å². The maximum Gasteiger partial charge on any atom is 0.341 e. The van der Waals surface area contributed by atoms with E-state index in [9.17, 15) is 9.59 Å². The van der Waals surface area contributed by atoms with Crippen LogP contribution in [-0.4, -0.2) is 39.0 Å². The van der Waals surface area contributed by atoms with E-state index in [1.165, 1.54) is 23.1 Å². The van der Waals surface area contributed by atoms with Crippen molar-refractivity contribution < 1.29 is 19.1 Å². The predicted molar refractivity (Wildman–Crippen MR) is 143 cm³/mol. The van der Waals surface area contributed by atoms with Crippen LogP contribution in [0.5, 0.6) is 5.75 Å². The summed E-state index contributed by atoms with van der Waals surface area (Å²) in [5, 5.41) is 13.1. The number of aryl methyl sites for hydroxylation is 2. The maximum atomic E-state index is 12.8. The van der Waals surface area contributed by atoms with E-state index in [4.69, 9.17) is 21.1 Å². The molecule has 1 N–H and O–H groups in total. The normalized spacial score (nSPS) is 13.7. The number of esters is 1. The molecular weight excluding hydrogens is 520 g/mol. The van der Waals surface area contributed by atoms with Gasteiger partial charge in [0.15, 0.2) is 17.1 Å². The van der Waals surface area contributed by atoms with E-state index in [1.54, 1.807) is 17.6 Å². The Labute approximate surface area is 223 Å². The van der Waals surface area contributed by atoms with Gasteiger partial charge in [-0.2, -0.15) is 0 Å². The van der Waals surface area contributed by atoms with E-state index in [2.05, 4.69) is 15.5 Å². The third kappa shape index (κ3) is 5.87. The number of benzene rings is 1. The van der Waals surface area contributed by atoms with Crippen LogP contribution in [0.3, 0.4) is 0 Å². The highest BCUT2D eigenvalue weighted by atomic mass is 35.5. The number of carbonyl (C=O) groups excluding carboxylic acids is 2. The Hall–Kier alpha value is -2.56. The van der Waals surface area contributed by atoms with Crippen molar-refractivity contribution in [3.05, 3.63) is 50.6 Å². The second-order valence-electron chi connectivity index (χ2n) is 8.57. The fraction of sp³-hybridized carbons (Fsp3) is 0.440. The molecule has 3 aromatic rings. The molecule has 0 saturated carbocycles. The molecule has 192 valence electrons.